The molecule has 1 fully saturated rings. The molecule has 1 unspecified atom stereocenters. The summed E-state index contributed by atoms with van der Waals surface area (Å²) in [6.45, 7) is 0.467. The summed E-state index contributed by atoms with van der Waals surface area (Å²) in [7, 11) is 0. The molecule has 5 nitrogen and oxygen atoms in total. The first-order chi connectivity index (χ1) is 12.5. The van der Waals surface area contributed by atoms with Gasteiger partial charge in [0.05, 0.1) is 10.4 Å². The van der Waals surface area contributed by atoms with E-state index in [-0.39, 0.29) is 18.0 Å². The Bertz CT molecular complexity index is 891. The lowest BCUT2D eigenvalue weighted by molar-refractivity contribution is -0.136. The first-order valence-electron chi connectivity index (χ1n) is 8.00. The zero-order valence-corrected chi connectivity index (χ0v) is 14.5. The fourth-order valence-corrected chi connectivity index (χ4v) is 3.57. The van der Waals surface area contributed by atoms with Crippen molar-refractivity contribution < 1.29 is 18.4 Å². The van der Waals surface area contributed by atoms with Crippen molar-refractivity contribution in [3.8, 4) is 6.07 Å². The SMILES string of the molecule is N#Cc1csc(C(=O)NC2CCCN(Cc3ccc(F)cc3F)C2=O)c1. The summed E-state index contributed by atoms with van der Waals surface area (Å²) in [6.07, 6.45) is 1.15. The molecule has 2 amide bonds. The average Bonchev–Trinajstić information content (AvgIpc) is 3.10. The number of carbonyl (C=O) groups excluding carboxylic acids is 2. The third-order valence-electron chi connectivity index (χ3n) is 4.16. The van der Waals surface area contributed by atoms with Crippen LogP contribution in [0.1, 0.15) is 33.6 Å². The van der Waals surface area contributed by atoms with Gasteiger partial charge in [-0.05, 0) is 25.0 Å². The van der Waals surface area contributed by atoms with E-state index in [1.807, 2.05) is 6.07 Å². The van der Waals surface area contributed by atoms with Gasteiger partial charge in [0.2, 0.25) is 5.91 Å². The summed E-state index contributed by atoms with van der Waals surface area (Å²) < 4.78 is 26.8. The number of nitrogens with one attached hydrogen (secondary N) is 1. The van der Waals surface area contributed by atoms with Crippen LogP contribution in [0.3, 0.4) is 0 Å². The summed E-state index contributed by atoms with van der Waals surface area (Å²) in [4.78, 5) is 26.7. The zero-order valence-electron chi connectivity index (χ0n) is 13.7. The van der Waals surface area contributed by atoms with Crippen molar-refractivity contribution in [2.75, 3.05) is 6.54 Å². The molecule has 8 heteroatoms. The Morgan fingerprint density at radius 3 is 2.88 bits per heavy atom. The van der Waals surface area contributed by atoms with Crippen molar-refractivity contribution in [2.24, 2.45) is 0 Å². The van der Waals surface area contributed by atoms with Crippen LogP contribution in [0.25, 0.3) is 0 Å². The van der Waals surface area contributed by atoms with E-state index in [4.69, 9.17) is 5.26 Å². The molecule has 26 heavy (non-hydrogen) atoms. The van der Waals surface area contributed by atoms with Gasteiger partial charge in [-0.2, -0.15) is 5.26 Å². The number of thiophene rings is 1. The van der Waals surface area contributed by atoms with Crippen LogP contribution in [0.5, 0.6) is 0 Å². The summed E-state index contributed by atoms with van der Waals surface area (Å²) in [5.41, 5.74) is 0.618. The predicted octanol–water partition coefficient (Wildman–Crippen LogP) is 2.82. The second kappa shape index (κ2) is 7.62. The molecule has 1 aliphatic heterocycles. The van der Waals surface area contributed by atoms with Crippen molar-refractivity contribution >= 4 is 23.2 Å². The predicted molar refractivity (Wildman–Crippen MR) is 91.3 cm³/mol. The third kappa shape index (κ3) is 3.89. The molecule has 0 aliphatic carbocycles. The van der Waals surface area contributed by atoms with E-state index in [0.717, 1.165) is 23.5 Å². The van der Waals surface area contributed by atoms with E-state index >= 15 is 0 Å². The van der Waals surface area contributed by atoms with Crippen LogP contribution in [-0.2, 0) is 11.3 Å². The van der Waals surface area contributed by atoms with Crippen molar-refractivity contribution in [2.45, 2.75) is 25.4 Å². The highest BCUT2D eigenvalue weighted by Crippen LogP contribution is 2.19. The van der Waals surface area contributed by atoms with Crippen molar-refractivity contribution in [1.29, 1.82) is 5.26 Å². The molecule has 1 aromatic heterocycles. The first-order valence-corrected chi connectivity index (χ1v) is 8.88. The van der Waals surface area contributed by atoms with E-state index in [2.05, 4.69) is 5.32 Å². The molecule has 1 aromatic carbocycles. The van der Waals surface area contributed by atoms with E-state index in [1.54, 1.807) is 5.38 Å². The Balaban J connectivity index is 1.67. The Morgan fingerprint density at radius 1 is 1.38 bits per heavy atom. The molecule has 0 bridgehead atoms. The van der Waals surface area contributed by atoms with Crippen LogP contribution in [0.2, 0.25) is 0 Å². The maximum absolute atomic E-state index is 13.8. The van der Waals surface area contributed by atoms with E-state index in [1.165, 1.54) is 17.0 Å². The van der Waals surface area contributed by atoms with Gasteiger partial charge in [-0.15, -0.1) is 11.3 Å². The Morgan fingerprint density at radius 2 is 2.19 bits per heavy atom. The molecule has 0 saturated carbocycles. The lowest BCUT2D eigenvalue weighted by atomic mass is 10.0. The maximum Gasteiger partial charge on any atom is 0.262 e. The lowest BCUT2D eigenvalue weighted by Crippen LogP contribution is -2.51. The van der Waals surface area contributed by atoms with E-state index < -0.39 is 23.6 Å². The highest BCUT2D eigenvalue weighted by atomic mass is 32.1. The number of rotatable bonds is 4. The standard InChI is InChI=1S/C18H15F2N3O2S/c19-13-4-3-12(14(20)7-13)9-23-5-1-2-15(18(23)25)22-17(24)16-6-11(8-21)10-26-16/h3-4,6-7,10,15H,1-2,5,9H2,(H,22,24). The highest BCUT2D eigenvalue weighted by Gasteiger charge is 2.30. The number of amides is 2. The minimum absolute atomic E-state index is 0.0227. The molecular formula is C18H15F2N3O2S. The molecule has 3 rings (SSSR count). The number of piperidine rings is 1. The number of halogens is 2. The van der Waals surface area contributed by atoms with Gasteiger partial charge in [-0.3, -0.25) is 9.59 Å². The van der Waals surface area contributed by atoms with Gasteiger partial charge in [0, 0.05) is 30.1 Å². The van der Waals surface area contributed by atoms with Crippen LogP contribution < -0.4 is 5.32 Å². The third-order valence-corrected chi connectivity index (χ3v) is 5.09. The molecule has 2 aromatic rings. The van der Waals surface area contributed by atoms with Crippen molar-refractivity contribution in [1.82, 2.24) is 10.2 Å². The minimum Gasteiger partial charge on any atom is -0.340 e. The molecule has 1 N–H and O–H groups in total. The van der Waals surface area contributed by atoms with Crippen molar-refractivity contribution in [3.63, 3.8) is 0 Å². The fourth-order valence-electron chi connectivity index (χ4n) is 2.83. The summed E-state index contributed by atoms with van der Waals surface area (Å²) in [5, 5.41) is 13.1. The number of hydrogen-bond acceptors (Lipinski definition) is 4. The molecular weight excluding hydrogens is 360 g/mol. The van der Waals surface area contributed by atoms with Gasteiger partial charge in [-0.1, -0.05) is 6.07 Å². The molecule has 0 radical (unpaired) electrons. The average molecular weight is 375 g/mol. The molecule has 1 aliphatic rings. The normalized spacial score (nSPS) is 17.0. The fraction of sp³-hybridized carbons (Fsp3) is 0.278. The van der Waals surface area contributed by atoms with Gasteiger partial charge in [0.1, 0.15) is 23.7 Å². The second-order valence-electron chi connectivity index (χ2n) is 5.98. The first kappa shape index (κ1) is 18.0. The topological polar surface area (TPSA) is 73.2 Å². The summed E-state index contributed by atoms with van der Waals surface area (Å²) in [5.74, 6) is -2.09. The Labute approximate surface area is 152 Å². The van der Waals surface area contributed by atoms with Crippen LogP contribution in [0, 0.1) is 23.0 Å². The number of carbonyl (C=O) groups is 2. The van der Waals surface area contributed by atoms with Crippen LogP contribution >= 0.6 is 11.3 Å². The smallest absolute Gasteiger partial charge is 0.262 e. The quantitative estimate of drug-likeness (QED) is 0.893. The van der Waals surface area contributed by atoms with E-state index in [9.17, 15) is 18.4 Å². The van der Waals surface area contributed by atoms with Gasteiger partial charge in [0.15, 0.2) is 0 Å². The molecule has 1 saturated heterocycles. The Kier molecular flexibility index (Phi) is 5.28. The second-order valence-corrected chi connectivity index (χ2v) is 6.89. The zero-order chi connectivity index (χ0) is 18.7. The number of nitrogens with zero attached hydrogens (tertiary/aromatic N) is 2. The molecule has 1 atom stereocenters. The number of likely N-dealkylation sites (tertiary alicyclic amines) is 1. The van der Waals surface area contributed by atoms with Gasteiger partial charge < -0.3 is 10.2 Å². The minimum atomic E-state index is -0.702. The molecule has 134 valence electrons. The summed E-state index contributed by atoms with van der Waals surface area (Å²) in [6, 6.07) is 5.97. The van der Waals surface area contributed by atoms with Gasteiger partial charge in [-0.25, -0.2) is 8.78 Å². The van der Waals surface area contributed by atoms with Crippen LogP contribution in [0.15, 0.2) is 29.6 Å². The van der Waals surface area contributed by atoms with Gasteiger partial charge in [0.25, 0.3) is 5.91 Å². The monoisotopic (exact) mass is 375 g/mol. The summed E-state index contributed by atoms with van der Waals surface area (Å²) >= 11 is 1.13. The largest absolute Gasteiger partial charge is 0.340 e. The highest BCUT2D eigenvalue weighted by molar-refractivity contribution is 7.12. The maximum atomic E-state index is 13.8. The van der Waals surface area contributed by atoms with E-state index in [0.29, 0.717) is 29.8 Å². The molecule has 0 spiro atoms. The van der Waals surface area contributed by atoms with Gasteiger partial charge >= 0.3 is 0 Å². The van der Waals surface area contributed by atoms with Crippen LogP contribution in [-0.4, -0.2) is 29.3 Å². The number of nitriles is 1. The van der Waals surface area contributed by atoms with Crippen molar-refractivity contribution in [3.05, 3.63) is 57.3 Å². The number of benzene rings is 1. The molecule has 2 heterocycles. The van der Waals surface area contributed by atoms with Crippen LogP contribution in [0.4, 0.5) is 8.78 Å². The Hall–Kier alpha value is -2.79. The number of hydrogen-bond donors (Lipinski definition) is 1. The lowest BCUT2D eigenvalue weighted by Gasteiger charge is -2.32.